The lowest BCUT2D eigenvalue weighted by molar-refractivity contribution is 0.173. The van der Waals surface area contributed by atoms with Crippen LogP contribution in [0.15, 0.2) is 42.5 Å². The van der Waals surface area contributed by atoms with E-state index in [1.165, 1.54) is 16.7 Å². The van der Waals surface area contributed by atoms with Gasteiger partial charge >= 0.3 is 0 Å². The summed E-state index contributed by atoms with van der Waals surface area (Å²) < 4.78 is 5.29. The molecule has 0 radical (unpaired) electrons. The Hall–Kier alpha value is -2.11. The van der Waals surface area contributed by atoms with E-state index in [0.29, 0.717) is 6.04 Å². The SMILES string of the molecule is COc1ccc(CN(C(=S)Nc2cc(C)cc(C)c2)C2CCN(C)CC2)cc1. The average molecular weight is 398 g/mol. The standard InChI is InChI=1S/C23H31N3OS/c1-17-13-18(2)15-20(14-17)24-23(28)26(21-9-11-25(3)12-10-21)16-19-5-7-22(27-4)8-6-19/h5-8,13-15,21H,9-12,16H2,1-4H3,(H,24,28). The van der Waals surface area contributed by atoms with E-state index in [1.54, 1.807) is 7.11 Å². The van der Waals surface area contributed by atoms with Crippen LogP contribution in [0.5, 0.6) is 5.75 Å². The molecule has 4 nitrogen and oxygen atoms in total. The van der Waals surface area contributed by atoms with Crippen molar-refractivity contribution in [3.8, 4) is 5.75 Å². The smallest absolute Gasteiger partial charge is 0.173 e. The van der Waals surface area contributed by atoms with Crippen LogP contribution in [-0.4, -0.2) is 48.2 Å². The quantitative estimate of drug-likeness (QED) is 0.744. The van der Waals surface area contributed by atoms with Gasteiger partial charge in [-0.1, -0.05) is 18.2 Å². The number of nitrogens with one attached hydrogen (secondary N) is 1. The summed E-state index contributed by atoms with van der Waals surface area (Å²) in [5, 5.41) is 4.30. The largest absolute Gasteiger partial charge is 0.497 e. The Morgan fingerprint density at radius 3 is 2.29 bits per heavy atom. The normalized spacial score (nSPS) is 15.3. The topological polar surface area (TPSA) is 27.7 Å². The number of aryl methyl sites for hydroxylation is 2. The third-order valence-electron chi connectivity index (χ3n) is 5.37. The molecule has 2 aromatic carbocycles. The number of anilines is 1. The average Bonchev–Trinajstić information content (AvgIpc) is 2.66. The number of piperidine rings is 1. The molecule has 1 aliphatic rings. The van der Waals surface area contributed by atoms with Crippen molar-refractivity contribution in [1.29, 1.82) is 0 Å². The van der Waals surface area contributed by atoms with Gasteiger partial charge in [0.05, 0.1) is 7.11 Å². The van der Waals surface area contributed by atoms with E-state index in [9.17, 15) is 0 Å². The molecule has 1 aliphatic heterocycles. The number of benzene rings is 2. The molecule has 3 rings (SSSR count). The molecule has 150 valence electrons. The second-order valence-electron chi connectivity index (χ2n) is 7.82. The maximum Gasteiger partial charge on any atom is 0.173 e. The molecule has 0 atom stereocenters. The molecule has 5 heteroatoms. The Kier molecular flexibility index (Phi) is 6.92. The maximum absolute atomic E-state index is 5.88. The predicted molar refractivity (Wildman–Crippen MR) is 121 cm³/mol. The Morgan fingerprint density at radius 2 is 1.71 bits per heavy atom. The molecule has 1 fully saturated rings. The molecule has 1 heterocycles. The van der Waals surface area contributed by atoms with Crippen LogP contribution in [0.4, 0.5) is 5.69 Å². The number of hydrogen-bond donors (Lipinski definition) is 1. The highest BCUT2D eigenvalue weighted by Gasteiger charge is 2.25. The van der Waals surface area contributed by atoms with Crippen molar-refractivity contribution in [3.05, 3.63) is 59.2 Å². The number of methoxy groups -OCH3 is 1. The molecule has 0 unspecified atom stereocenters. The third kappa shape index (κ3) is 5.46. The summed E-state index contributed by atoms with van der Waals surface area (Å²) in [4.78, 5) is 4.75. The van der Waals surface area contributed by atoms with Crippen molar-refractivity contribution < 1.29 is 4.74 Å². The lowest BCUT2D eigenvalue weighted by Gasteiger charge is -2.39. The molecule has 0 saturated carbocycles. The zero-order valence-corrected chi connectivity index (χ0v) is 18.2. The third-order valence-corrected chi connectivity index (χ3v) is 5.71. The number of ether oxygens (including phenoxy) is 1. The van der Waals surface area contributed by atoms with Crippen molar-refractivity contribution in [3.63, 3.8) is 0 Å². The Balaban J connectivity index is 1.78. The molecule has 28 heavy (non-hydrogen) atoms. The fourth-order valence-electron chi connectivity index (χ4n) is 3.84. The molecule has 0 amide bonds. The highest BCUT2D eigenvalue weighted by Crippen LogP contribution is 2.22. The van der Waals surface area contributed by atoms with Gasteiger partial charge < -0.3 is 19.9 Å². The van der Waals surface area contributed by atoms with E-state index >= 15 is 0 Å². The number of hydrogen-bond acceptors (Lipinski definition) is 3. The zero-order valence-electron chi connectivity index (χ0n) is 17.4. The molecule has 0 aromatic heterocycles. The fraction of sp³-hybridized carbons (Fsp3) is 0.435. The number of rotatable bonds is 5. The minimum Gasteiger partial charge on any atom is -0.497 e. The number of thiocarbonyl (C=S) groups is 1. The van der Waals surface area contributed by atoms with Crippen LogP contribution >= 0.6 is 12.2 Å². The molecule has 0 aliphatic carbocycles. The monoisotopic (exact) mass is 397 g/mol. The van der Waals surface area contributed by atoms with Gasteiger partial charge in [0.25, 0.3) is 0 Å². The van der Waals surface area contributed by atoms with Gasteiger partial charge in [-0.05, 0) is 100.0 Å². The van der Waals surface area contributed by atoms with Crippen molar-refractivity contribution in [2.45, 2.75) is 39.3 Å². The van der Waals surface area contributed by atoms with Gasteiger partial charge in [-0.2, -0.15) is 0 Å². The van der Waals surface area contributed by atoms with Crippen LogP contribution in [0.2, 0.25) is 0 Å². The molecular weight excluding hydrogens is 366 g/mol. The van der Waals surface area contributed by atoms with Crippen molar-refractivity contribution in [2.24, 2.45) is 0 Å². The van der Waals surface area contributed by atoms with Crippen LogP contribution in [0, 0.1) is 13.8 Å². The molecular formula is C23H31N3OS. The first-order valence-corrected chi connectivity index (χ1v) is 10.3. The molecule has 2 aromatic rings. The van der Waals surface area contributed by atoms with Crippen molar-refractivity contribution in [2.75, 3.05) is 32.6 Å². The summed E-state index contributed by atoms with van der Waals surface area (Å²) in [6.45, 7) is 7.25. The van der Waals surface area contributed by atoms with Gasteiger partial charge in [-0.3, -0.25) is 0 Å². The Bertz CT molecular complexity index is 778. The van der Waals surface area contributed by atoms with Gasteiger partial charge in [0.15, 0.2) is 5.11 Å². The predicted octanol–water partition coefficient (Wildman–Crippen LogP) is 4.61. The van der Waals surface area contributed by atoms with E-state index < -0.39 is 0 Å². The summed E-state index contributed by atoms with van der Waals surface area (Å²) in [5.74, 6) is 0.880. The van der Waals surface area contributed by atoms with Gasteiger partial charge in [-0.15, -0.1) is 0 Å². The van der Waals surface area contributed by atoms with Gasteiger partial charge in [0, 0.05) is 18.3 Å². The van der Waals surface area contributed by atoms with Crippen LogP contribution in [0.1, 0.15) is 29.5 Å². The highest BCUT2D eigenvalue weighted by atomic mass is 32.1. The first-order chi connectivity index (χ1) is 13.4. The molecule has 1 N–H and O–H groups in total. The summed E-state index contributed by atoms with van der Waals surface area (Å²) in [6.07, 6.45) is 2.25. The summed E-state index contributed by atoms with van der Waals surface area (Å²) >= 11 is 5.88. The maximum atomic E-state index is 5.88. The molecule has 1 saturated heterocycles. The summed E-state index contributed by atoms with van der Waals surface area (Å²) in [5.41, 5.74) is 4.79. The van der Waals surface area contributed by atoms with Gasteiger partial charge in [-0.25, -0.2) is 0 Å². The molecule has 0 spiro atoms. The minimum atomic E-state index is 0.448. The highest BCUT2D eigenvalue weighted by molar-refractivity contribution is 7.80. The van der Waals surface area contributed by atoms with Crippen molar-refractivity contribution >= 4 is 23.0 Å². The fourth-order valence-corrected chi connectivity index (χ4v) is 4.17. The summed E-state index contributed by atoms with van der Waals surface area (Å²) in [6, 6.07) is 15.2. The Labute approximate surface area is 174 Å². The van der Waals surface area contributed by atoms with E-state index in [4.69, 9.17) is 17.0 Å². The van der Waals surface area contributed by atoms with Crippen molar-refractivity contribution in [1.82, 2.24) is 9.80 Å². The van der Waals surface area contributed by atoms with E-state index in [-0.39, 0.29) is 0 Å². The lowest BCUT2D eigenvalue weighted by atomic mass is 10.0. The van der Waals surface area contributed by atoms with Crippen LogP contribution in [0.3, 0.4) is 0 Å². The lowest BCUT2D eigenvalue weighted by Crippen LogP contribution is -2.47. The van der Waals surface area contributed by atoms with Crippen LogP contribution in [0.25, 0.3) is 0 Å². The molecule has 0 bridgehead atoms. The second kappa shape index (κ2) is 9.39. The van der Waals surface area contributed by atoms with Crippen LogP contribution < -0.4 is 10.1 Å². The minimum absolute atomic E-state index is 0.448. The number of likely N-dealkylation sites (tertiary alicyclic amines) is 1. The first kappa shape index (κ1) is 20.6. The van der Waals surface area contributed by atoms with E-state index in [0.717, 1.165) is 49.0 Å². The Morgan fingerprint density at radius 1 is 1.11 bits per heavy atom. The zero-order chi connectivity index (χ0) is 20.1. The van der Waals surface area contributed by atoms with E-state index in [2.05, 4.69) is 66.3 Å². The summed E-state index contributed by atoms with van der Waals surface area (Å²) in [7, 11) is 3.89. The number of nitrogens with zero attached hydrogens (tertiary/aromatic N) is 2. The van der Waals surface area contributed by atoms with Gasteiger partial charge in [0.2, 0.25) is 0 Å². The van der Waals surface area contributed by atoms with E-state index in [1.807, 2.05) is 12.1 Å². The first-order valence-electron chi connectivity index (χ1n) is 9.92. The second-order valence-corrected chi connectivity index (χ2v) is 8.20. The van der Waals surface area contributed by atoms with Crippen LogP contribution in [-0.2, 0) is 6.54 Å². The van der Waals surface area contributed by atoms with Gasteiger partial charge in [0.1, 0.15) is 5.75 Å².